The first-order valence-electron chi connectivity index (χ1n) is 4.56. The van der Waals surface area contributed by atoms with Crippen LogP contribution in [-0.2, 0) is 6.54 Å². The Bertz CT molecular complexity index is 285. The molecule has 1 N–H and O–H groups in total. The third kappa shape index (κ3) is 2.08. The molecule has 4 heteroatoms. The molecule has 0 spiro atoms. The van der Waals surface area contributed by atoms with Crippen LogP contribution in [0.4, 0.5) is 0 Å². The molecule has 1 atom stereocenters. The zero-order chi connectivity index (χ0) is 9.26. The fourth-order valence-corrected chi connectivity index (χ4v) is 1.68. The van der Waals surface area contributed by atoms with Crippen LogP contribution in [-0.4, -0.2) is 34.4 Å². The van der Waals surface area contributed by atoms with Crippen molar-refractivity contribution in [1.82, 2.24) is 10.1 Å². The number of aryl methyl sites for hydroxylation is 1. The molecule has 0 bridgehead atoms. The first kappa shape index (κ1) is 8.72. The number of β-amino-alcohol motifs (C(OH)–C–C–N with tert-alkyl or cyclic N) is 1. The van der Waals surface area contributed by atoms with Gasteiger partial charge in [0.2, 0.25) is 0 Å². The summed E-state index contributed by atoms with van der Waals surface area (Å²) in [5.74, 6) is 0.842. The number of aromatic nitrogens is 1. The van der Waals surface area contributed by atoms with Crippen molar-refractivity contribution < 1.29 is 9.63 Å². The van der Waals surface area contributed by atoms with Gasteiger partial charge < -0.3 is 9.63 Å². The molecule has 1 aromatic rings. The van der Waals surface area contributed by atoms with Gasteiger partial charge in [0, 0.05) is 25.7 Å². The maximum Gasteiger partial charge on any atom is 0.133 e. The van der Waals surface area contributed by atoms with E-state index in [2.05, 4.69) is 10.1 Å². The van der Waals surface area contributed by atoms with Crippen LogP contribution in [0.5, 0.6) is 0 Å². The molecule has 0 amide bonds. The molecule has 0 aromatic carbocycles. The first-order valence-corrected chi connectivity index (χ1v) is 4.56. The van der Waals surface area contributed by atoms with Crippen molar-refractivity contribution in [2.24, 2.45) is 0 Å². The molecule has 13 heavy (non-hydrogen) atoms. The maximum absolute atomic E-state index is 9.30. The van der Waals surface area contributed by atoms with Gasteiger partial charge >= 0.3 is 0 Å². The van der Waals surface area contributed by atoms with Crippen molar-refractivity contribution >= 4 is 0 Å². The van der Waals surface area contributed by atoms with Crippen molar-refractivity contribution in [3.63, 3.8) is 0 Å². The van der Waals surface area contributed by atoms with Gasteiger partial charge in [-0.05, 0) is 13.3 Å². The largest absolute Gasteiger partial charge is 0.392 e. The van der Waals surface area contributed by atoms with Crippen LogP contribution in [0.25, 0.3) is 0 Å². The molecule has 2 heterocycles. The Balaban J connectivity index is 1.91. The predicted molar refractivity (Wildman–Crippen MR) is 47.1 cm³/mol. The van der Waals surface area contributed by atoms with E-state index in [1.165, 1.54) is 0 Å². The van der Waals surface area contributed by atoms with E-state index in [-0.39, 0.29) is 6.10 Å². The lowest BCUT2D eigenvalue weighted by Gasteiger charge is -2.11. The van der Waals surface area contributed by atoms with Gasteiger partial charge in [-0.2, -0.15) is 0 Å². The fourth-order valence-electron chi connectivity index (χ4n) is 1.68. The Labute approximate surface area is 77.1 Å². The van der Waals surface area contributed by atoms with E-state index in [1.807, 2.05) is 13.0 Å². The molecule has 1 aliphatic rings. The zero-order valence-electron chi connectivity index (χ0n) is 7.73. The van der Waals surface area contributed by atoms with Crippen molar-refractivity contribution in [3.8, 4) is 0 Å². The van der Waals surface area contributed by atoms with Crippen LogP contribution in [0, 0.1) is 6.92 Å². The van der Waals surface area contributed by atoms with E-state index in [9.17, 15) is 5.11 Å². The van der Waals surface area contributed by atoms with E-state index < -0.39 is 0 Å². The van der Waals surface area contributed by atoms with E-state index >= 15 is 0 Å². The van der Waals surface area contributed by atoms with Crippen LogP contribution < -0.4 is 0 Å². The molecule has 0 radical (unpaired) electrons. The topological polar surface area (TPSA) is 49.5 Å². The summed E-state index contributed by atoms with van der Waals surface area (Å²) in [5.41, 5.74) is 0.951. The Hall–Kier alpha value is -0.870. The number of likely N-dealkylation sites (tertiary alicyclic amines) is 1. The van der Waals surface area contributed by atoms with Crippen LogP contribution in [0.1, 0.15) is 17.9 Å². The molecule has 2 rings (SSSR count). The molecule has 4 nitrogen and oxygen atoms in total. The van der Waals surface area contributed by atoms with E-state index in [0.29, 0.717) is 0 Å². The summed E-state index contributed by atoms with van der Waals surface area (Å²) in [6.45, 7) is 4.38. The summed E-state index contributed by atoms with van der Waals surface area (Å²) in [7, 11) is 0. The molecule has 1 saturated heterocycles. The van der Waals surface area contributed by atoms with E-state index in [0.717, 1.165) is 37.5 Å². The maximum atomic E-state index is 9.30. The van der Waals surface area contributed by atoms with Crippen LogP contribution >= 0.6 is 0 Å². The first-order chi connectivity index (χ1) is 6.24. The summed E-state index contributed by atoms with van der Waals surface area (Å²) in [5, 5.41) is 13.2. The lowest BCUT2D eigenvalue weighted by Crippen LogP contribution is -2.21. The molecule has 1 unspecified atom stereocenters. The lowest BCUT2D eigenvalue weighted by molar-refractivity contribution is 0.174. The van der Waals surface area contributed by atoms with Gasteiger partial charge in [0.25, 0.3) is 0 Å². The second-order valence-corrected chi connectivity index (χ2v) is 3.61. The number of hydrogen-bond acceptors (Lipinski definition) is 4. The SMILES string of the molecule is Cc1cc(CN2CCC(O)C2)no1. The molecule has 1 fully saturated rings. The number of nitrogens with zero attached hydrogens (tertiary/aromatic N) is 2. The van der Waals surface area contributed by atoms with E-state index in [4.69, 9.17) is 4.52 Å². The van der Waals surface area contributed by atoms with Gasteiger partial charge in [0.1, 0.15) is 5.76 Å². The molecule has 72 valence electrons. The third-order valence-corrected chi connectivity index (χ3v) is 2.31. The Morgan fingerprint density at radius 2 is 2.62 bits per heavy atom. The van der Waals surface area contributed by atoms with Crippen LogP contribution in [0.2, 0.25) is 0 Å². The Kier molecular flexibility index (Phi) is 2.33. The smallest absolute Gasteiger partial charge is 0.133 e. The molecule has 1 aliphatic heterocycles. The second kappa shape index (κ2) is 3.47. The monoisotopic (exact) mass is 182 g/mol. The highest BCUT2D eigenvalue weighted by Gasteiger charge is 2.20. The van der Waals surface area contributed by atoms with Gasteiger partial charge in [-0.3, -0.25) is 4.90 Å². The highest BCUT2D eigenvalue weighted by Crippen LogP contribution is 2.12. The lowest BCUT2D eigenvalue weighted by atomic mass is 10.3. The van der Waals surface area contributed by atoms with Gasteiger partial charge in [-0.1, -0.05) is 5.16 Å². The molecular weight excluding hydrogens is 168 g/mol. The molecule has 0 saturated carbocycles. The fraction of sp³-hybridized carbons (Fsp3) is 0.667. The normalized spacial score (nSPS) is 24.0. The van der Waals surface area contributed by atoms with Crippen molar-refractivity contribution in [2.75, 3.05) is 13.1 Å². The highest BCUT2D eigenvalue weighted by atomic mass is 16.5. The summed E-state index contributed by atoms with van der Waals surface area (Å²) >= 11 is 0. The average Bonchev–Trinajstić information content (AvgIpc) is 2.62. The minimum absolute atomic E-state index is 0.159. The Morgan fingerprint density at radius 3 is 3.15 bits per heavy atom. The average molecular weight is 182 g/mol. The molecular formula is C9H14N2O2. The summed E-state index contributed by atoms with van der Waals surface area (Å²) < 4.78 is 4.96. The second-order valence-electron chi connectivity index (χ2n) is 3.61. The van der Waals surface area contributed by atoms with Gasteiger partial charge in [0.15, 0.2) is 0 Å². The predicted octanol–water partition coefficient (Wildman–Crippen LogP) is 0.550. The van der Waals surface area contributed by atoms with Gasteiger partial charge in [-0.25, -0.2) is 0 Å². The minimum Gasteiger partial charge on any atom is -0.392 e. The molecule has 1 aromatic heterocycles. The summed E-state index contributed by atoms with van der Waals surface area (Å²) in [6.07, 6.45) is 0.713. The third-order valence-electron chi connectivity index (χ3n) is 2.31. The van der Waals surface area contributed by atoms with Gasteiger partial charge in [-0.15, -0.1) is 0 Å². The van der Waals surface area contributed by atoms with E-state index in [1.54, 1.807) is 0 Å². The molecule has 0 aliphatic carbocycles. The number of aliphatic hydroxyl groups excluding tert-OH is 1. The van der Waals surface area contributed by atoms with Crippen LogP contribution in [0.15, 0.2) is 10.6 Å². The zero-order valence-corrected chi connectivity index (χ0v) is 7.73. The standard InChI is InChI=1S/C9H14N2O2/c1-7-4-8(10-13-7)5-11-3-2-9(12)6-11/h4,9,12H,2-3,5-6H2,1H3. The summed E-state index contributed by atoms with van der Waals surface area (Å²) in [6, 6.07) is 1.94. The number of hydrogen-bond donors (Lipinski definition) is 1. The van der Waals surface area contributed by atoms with Gasteiger partial charge in [0.05, 0.1) is 11.8 Å². The summed E-state index contributed by atoms with van der Waals surface area (Å²) in [4.78, 5) is 2.18. The highest BCUT2D eigenvalue weighted by molar-refractivity contribution is 5.03. The van der Waals surface area contributed by atoms with Crippen molar-refractivity contribution in [3.05, 3.63) is 17.5 Å². The van der Waals surface area contributed by atoms with Crippen LogP contribution in [0.3, 0.4) is 0 Å². The quantitative estimate of drug-likeness (QED) is 0.725. The number of rotatable bonds is 2. The Morgan fingerprint density at radius 1 is 1.77 bits per heavy atom. The van der Waals surface area contributed by atoms with Crippen molar-refractivity contribution in [1.29, 1.82) is 0 Å². The van der Waals surface area contributed by atoms with Crippen molar-refractivity contribution in [2.45, 2.75) is 26.0 Å². The number of aliphatic hydroxyl groups is 1. The minimum atomic E-state index is -0.159.